The van der Waals surface area contributed by atoms with Gasteiger partial charge in [-0.25, -0.2) is 8.42 Å². The molecule has 0 fully saturated rings. The molecule has 0 bridgehead atoms. The molecule has 1 heterocycles. The van der Waals surface area contributed by atoms with Crippen LogP contribution < -0.4 is 10.1 Å². The molecule has 9 nitrogen and oxygen atoms in total. The molecule has 37 heavy (non-hydrogen) atoms. The minimum absolute atomic E-state index is 0.0143. The van der Waals surface area contributed by atoms with Crippen molar-refractivity contribution in [1.29, 1.82) is 0 Å². The first-order chi connectivity index (χ1) is 17.7. The van der Waals surface area contributed by atoms with Gasteiger partial charge in [-0.3, -0.25) is 4.79 Å². The zero-order chi connectivity index (χ0) is 26.8. The molecule has 0 radical (unpaired) electrons. The van der Waals surface area contributed by atoms with Gasteiger partial charge in [-0.2, -0.15) is 4.31 Å². The van der Waals surface area contributed by atoms with E-state index in [0.29, 0.717) is 18.7 Å². The highest BCUT2D eigenvalue weighted by molar-refractivity contribution is 7.89. The van der Waals surface area contributed by atoms with Crippen LogP contribution >= 0.6 is 0 Å². The van der Waals surface area contributed by atoms with Gasteiger partial charge in [-0.1, -0.05) is 44.2 Å². The molecule has 2 atom stereocenters. The quantitative estimate of drug-likeness (QED) is 0.408. The lowest BCUT2D eigenvalue weighted by Gasteiger charge is -2.31. The van der Waals surface area contributed by atoms with E-state index in [2.05, 4.69) is 19.2 Å². The number of hydrogen-bond acceptors (Lipinski definition) is 7. The van der Waals surface area contributed by atoms with Gasteiger partial charge in [0.25, 0.3) is 5.91 Å². The summed E-state index contributed by atoms with van der Waals surface area (Å²) >= 11 is 0. The number of rotatable bonds is 13. The van der Waals surface area contributed by atoms with Crippen molar-refractivity contribution in [2.24, 2.45) is 11.8 Å². The second-order valence-electron chi connectivity index (χ2n) is 9.06. The first-order valence-electron chi connectivity index (χ1n) is 12.3. The van der Waals surface area contributed by atoms with Gasteiger partial charge < -0.3 is 24.6 Å². The van der Waals surface area contributed by atoms with E-state index in [0.717, 1.165) is 5.56 Å². The molecule has 10 heteroatoms. The van der Waals surface area contributed by atoms with E-state index < -0.39 is 16.3 Å². The third kappa shape index (κ3) is 8.03. The molecule has 2 aromatic carbocycles. The summed E-state index contributed by atoms with van der Waals surface area (Å²) in [6.07, 6.45) is 1.67. The number of aliphatic hydroxyl groups excluding tert-OH is 1. The van der Waals surface area contributed by atoms with Crippen LogP contribution in [0.2, 0.25) is 0 Å². The molecule has 0 saturated heterocycles. The molecule has 1 aliphatic rings. The Morgan fingerprint density at radius 2 is 1.84 bits per heavy atom. The number of amides is 1. The van der Waals surface area contributed by atoms with E-state index in [4.69, 9.17) is 14.2 Å². The molecule has 1 aliphatic heterocycles. The Labute approximate surface area is 219 Å². The molecule has 0 aromatic heterocycles. The van der Waals surface area contributed by atoms with Crippen molar-refractivity contribution in [3.8, 4) is 5.75 Å². The number of nitrogens with zero attached hydrogens (tertiary/aromatic N) is 1. The predicted molar refractivity (Wildman–Crippen MR) is 139 cm³/mol. The van der Waals surface area contributed by atoms with E-state index in [-0.39, 0.29) is 54.7 Å². The molecule has 2 unspecified atom stereocenters. The van der Waals surface area contributed by atoms with Crippen molar-refractivity contribution in [1.82, 2.24) is 9.62 Å². The maximum Gasteiger partial charge on any atom is 0.286 e. The molecule has 0 saturated carbocycles. The molecule has 2 N–H and O–H groups in total. The average molecular weight is 533 g/mol. The Hall–Kier alpha value is -2.92. The Morgan fingerprint density at radius 3 is 2.46 bits per heavy atom. The largest absolute Gasteiger partial charge is 0.497 e. The van der Waals surface area contributed by atoms with Crippen LogP contribution in [0.5, 0.6) is 5.75 Å². The fourth-order valence-electron chi connectivity index (χ4n) is 3.92. The van der Waals surface area contributed by atoms with Crippen molar-refractivity contribution in [2.45, 2.75) is 38.0 Å². The van der Waals surface area contributed by atoms with Crippen molar-refractivity contribution >= 4 is 15.9 Å². The summed E-state index contributed by atoms with van der Waals surface area (Å²) in [4.78, 5) is 12.9. The minimum atomic E-state index is -3.85. The van der Waals surface area contributed by atoms with Gasteiger partial charge in [-0.15, -0.1) is 0 Å². The van der Waals surface area contributed by atoms with E-state index in [1.54, 1.807) is 12.1 Å². The summed E-state index contributed by atoms with van der Waals surface area (Å²) in [6, 6.07) is 15.6. The predicted octanol–water partition coefficient (Wildman–Crippen LogP) is 2.91. The molecule has 202 valence electrons. The van der Waals surface area contributed by atoms with Crippen LogP contribution in [0, 0.1) is 11.8 Å². The van der Waals surface area contributed by atoms with Crippen LogP contribution in [0.25, 0.3) is 0 Å². The van der Waals surface area contributed by atoms with Crippen LogP contribution in [0.1, 0.15) is 25.8 Å². The van der Waals surface area contributed by atoms with Gasteiger partial charge >= 0.3 is 0 Å². The highest BCUT2D eigenvalue weighted by atomic mass is 32.2. The number of sulfonamides is 1. The maximum absolute atomic E-state index is 13.1. The summed E-state index contributed by atoms with van der Waals surface area (Å²) in [6.45, 7) is 4.13. The Bertz CT molecular complexity index is 1140. The van der Waals surface area contributed by atoms with Crippen LogP contribution in [-0.2, 0) is 30.8 Å². The number of carbonyl (C=O) groups excluding carboxylic acids is 1. The summed E-state index contributed by atoms with van der Waals surface area (Å²) in [5.74, 6) is 0.735. The summed E-state index contributed by atoms with van der Waals surface area (Å²) < 4.78 is 44.2. The van der Waals surface area contributed by atoms with Crippen LogP contribution in [0.15, 0.2) is 71.3 Å². The number of carbonyl (C=O) groups is 1. The van der Waals surface area contributed by atoms with Gasteiger partial charge in [0.1, 0.15) is 5.75 Å². The first kappa shape index (κ1) is 28.6. The Morgan fingerprint density at radius 1 is 1.14 bits per heavy atom. The van der Waals surface area contributed by atoms with E-state index in [1.165, 1.54) is 23.5 Å². The van der Waals surface area contributed by atoms with Crippen LogP contribution in [0.3, 0.4) is 0 Å². The van der Waals surface area contributed by atoms with Crippen LogP contribution in [-0.4, -0.2) is 63.4 Å². The van der Waals surface area contributed by atoms with Gasteiger partial charge in [-0.05, 0) is 47.7 Å². The lowest BCUT2D eigenvalue weighted by Crippen LogP contribution is -2.38. The van der Waals surface area contributed by atoms with Crippen LogP contribution in [0.4, 0.5) is 0 Å². The van der Waals surface area contributed by atoms with Crippen molar-refractivity contribution in [3.63, 3.8) is 0 Å². The third-order valence-electron chi connectivity index (χ3n) is 6.16. The van der Waals surface area contributed by atoms with Gasteiger partial charge in [0.05, 0.1) is 25.2 Å². The molecular formula is C27H36N2O7S. The van der Waals surface area contributed by atoms with Crippen molar-refractivity contribution in [2.75, 3.05) is 33.4 Å². The van der Waals surface area contributed by atoms with Gasteiger partial charge in [0.15, 0.2) is 5.76 Å². The third-order valence-corrected chi connectivity index (χ3v) is 8.07. The second-order valence-corrected chi connectivity index (χ2v) is 11.0. The standard InChI is InChI=1S/C27H36N2O7S/c1-20(2)22-17-25(27(31)28-19-21-7-5-4-6-8-21)36-26(18-22)35-16-14-29(13-15-30)37(32,33)24-11-9-23(34-3)10-12-24/h4-12,17,20,22,26,30H,13-16,18-19H2,1-3H3,(H,28,31). The second kappa shape index (κ2) is 13.6. The monoisotopic (exact) mass is 532 g/mol. The SMILES string of the molecule is COc1ccc(S(=O)(=O)N(CCO)CCOC2CC(C(C)C)C=C(C(=O)NCc3ccccc3)O2)cc1. The number of ether oxygens (including phenoxy) is 3. The smallest absolute Gasteiger partial charge is 0.286 e. The average Bonchev–Trinajstić information content (AvgIpc) is 2.91. The highest BCUT2D eigenvalue weighted by Gasteiger charge is 2.30. The molecule has 2 aromatic rings. The fraction of sp³-hybridized carbons (Fsp3) is 0.444. The normalized spacial score (nSPS) is 17.8. The number of benzene rings is 2. The molecule has 3 rings (SSSR count). The summed E-state index contributed by atoms with van der Waals surface area (Å²) in [7, 11) is -2.35. The summed E-state index contributed by atoms with van der Waals surface area (Å²) in [5, 5.41) is 12.3. The molecule has 0 aliphatic carbocycles. The summed E-state index contributed by atoms with van der Waals surface area (Å²) in [5.41, 5.74) is 0.975. The number of allylic oxidation sites excluding steroid dienone is 1. The Kier molecular flexibility index (Phi) is 10.5. The highest BCUT2D eigenvalue weighted by Crippen LogP contribution is 2.29. The van der Waals surface area contributed by atoms with E-state index >= 15 is 0 Å². The number of methoxy groups -OCH3 is 1. The minimum Gasteiger partial charge on any atom is -0.497 e. The lowest BCUT2D eigenvalue weighted by atomic mass is 9.90. The number of nitrogens with one attached hydrogen (secondary N) is 1. The zero-order valence-electron chi connectivity index (χ0n) is 21.5. The maximum atomic E-state index is 13.1. The zero-order valence-corrected chi connectivity index (χ0v) is 22.3. The van der Waals surface area contributed by atoms with Gasteiger partial charge in [0, 0.05) is 26.1 Å². The van der Waals surface area contributed by atoms with E-state index in [1.807, 2.05) is 36.4 Å². The van der Waals surface area contributed by atoms with Gasteiger partial charge in [0.2, 0.25) is 16.3 Å². The molecule has 1 amide bonds. The fourth-order valence-corrected chi connectivity index (χ4v) is 5.34. The molecular weight excluding hydrogens is 496 g/mol. The Balaban J connectivity index is 1.61. The van der Waals surface area contributed by atoms with Crippen molar-refractivity contribution < 1.29 is 32.5 Å². The number of hydrogen-bond donors (Lipinski definition) is 2. The topological polar surface area (TPSA) is 114 Å². The molecule has 0 spiro atoms. The van der Waals surface area contributed by atoms with Crippen molar-refractivity contribution in [3.05, 3.63) is 72.0 Å². The first-order valence-corrected chi connectivity index (χ1v) is 13.8. The number of aliphatic hydroxyl groups is 1. The lowest BCUT2D eigenvalue weighted by molar-refractivity contribution is -0.150. The van der Waals surface area contributed by atoms with E-state index in [9.17, 15) is 18.3 Å².